The Balaban J connectivity index is 2.81. The van der Waals surface area contributed by atoms with Crippen molar-refractivity contribution in [1.82, 2.24) is 15.0 Å². The Morgan fingerprint density at radius 3 is 3.00 bits per heavy atom. The Hall–Kier alpha value is -1.42. The van der Waals surface area contributed by atoms with Crippen LogP contribution in [0, 0.1) is 0 Å². The van der Waals surface area contributed by atoms with Crippen LogP contribution in [0.5, 0.6) is 5.88 Å². The topological polar surface area (TPSA) is 47.9 Å². The fourth-order valence-corrected chi connectivity index (χ4v) is 1.22. The van der Waals surface area contributed by atoms with Crippen molar-refractivity contribution in [1.29, 1.82) is 0 Å². The number of hydrogen-bond donors (Lipinski definition) is 0. The number of rotatable bonds is 1. The van der Waals surface area contributed by atoms with Gasteiger partial charge in [0.2, 0.25) is 11.2 Å². The van der Waals surface area contributed by atoms with E-state index in [0.717, 1.165) is 5.39 Å². The third-order valence-electron chi connectivity index (χ3n) is 1.60. The molecule has 0 unspecified atom stereocenters. The number of methoxy groups -OCH3 is 1. The highest BCUT2D eigenvalue weighted by atomic mass is 35.5. The van der Waals surface area contributed by atoms with Gasteiger partial charge in [-0.1, -0.05) is 0 Å². The zero-order chi connectivity index (χ0) is 9.26. The van der Waals surface area contributed by atoms with Crippen molar-refractivity contribution in [3.8, 4) is 5.88 Å². The normalized spacial score (nSPS) is 10.3. The average molecular weight is 196 g/mol. The Morgan fingerprint density at radius 2 is 2.23 bits per heavy atom. The maximum Gasteiger partial charge on any atom is 0.227 e. The minimum absolute atomic E-state index is 0.142. The van der Waals surface area contributed by atoms with Crippen LogP contribution in [-0.4, -0.2) is 22.1 Å². The monoisotopic (exact) mass is 195 g/mol. The molecule has 0 atom stereocenters. The van der Waals surface area contributed by atoms with Crippen LogP contribution in [0.2, 0.25) is 5.28 Å². The lowest BCUT2D eigenvalue weighted by atomic mass is 10.3. The quantitative estimate of drug-likeness (QED) is 0.650. The van der Waals surface area contributed by atoms with Gasteiger partial charge in [0.1, 0.15) is 0 Å². The molecule has 0 aromatic carbocycles. The summed E-state index contributed by atoms with van der Waals surface area (Å²) in [6, 6.07) is 3.62. The Bertz CT molecular complexity index is 446. The van der Waals surface area contributed by atoms with Crippen molar-refractivity contribution < 1.29 is 4.74 Å². The number of nitrogens with zero attached hydrogens (tertiary/aromatic N) is 3. The van der Waals surface area contributed by atoms with Gasteiger partial charge in [-0.05, 0) is 23.7 Å². The molecular formula is C8H6ClN3O. The van der Waals surface area contributed by atoms with E-state index in [4.69, 9.17) is 16.3 Å². The Kier molecular flexibility index (Phi) is 1.98. The number of ether oxygens (including phenoxy) is 1. The molecule has 0 saturated carbocycles. The summed E-state index contributed by atoms with van der Waals surface area (Å²) in [6.45, 7) is 0. The van der Waals surface area contributed by atoms with Crippen LogP contribution in [0.25, 0.3) is 11.0 Å². The number of fused-ring (bicyclic) bond motifs is 1. The second-order valence-corrected chi connectivity index (χ2v) is 2.71. The summed E-state index contributed by atoms with van der Waals surface area (Å²) in [5.41, 5.74) is 0.541. The molecule has 2 rings (SSSR count). The number of hydrogen-bond acceptors (Lipinski definition) is 4. The second-order valence-electron chi connectivity index (χ2n) is 2.38. The molecule has 0 N–H and O–H groups in total. The highest BCUT2D eigenvalue weighted by Gasteiger charge is 2.05. The van der Waals surface area contributed by atoms with E-state index in [0.29, 0.717) is 11.5 Å². The molecule has 0 saturated heterocycles. The van der Waals surface area contributed by atoms with Crippen LogP contribution in [0.1, 0.15) is 0 Å². The van der Waals surface area contributed by atoms with Gasteiger partial charge in [-0.25, -0.2) is 4.98 Å². The third-order valence-corrected chi connectivity index (χ3v) is 1.77. The Labute approximate surface area is 79.6 Å². The SMILES string of the molecule is COc1nc(Cl)nc2ncccc12. The van der Waals surface area contributed by atoms with E-state index in [1.807, 2.05) is 6.07 Å². The maximum absolute atomic E-state index is 5.66. The summed E-state index contributed by atoms with van der Waals surface area (Å²) in [5.74, 6) is 0.447. The minimum Gasteiger partial charge on any atom is -0.480 e. The Morgan fingerprint density at radius 1 is 1.38 bits per heavy atom. The van der Waals surface area contributed by atoms with Gasteiger partial charge in [-0.2, -0.15) is 9.97 Å². The lowest BCUT2D eigenvalue weighted by molar-refractivity contribution is 0.402. The predicted molar refractivity (Wildman–Crippen MR) is 48.9 cm³/mol. The highest BCUT2D eigenvalue weighted by molar-refractivity contribution is 6.28. The molecule has 2 heterocycles. The first kappa shape index (κ1) is 8.19. The summed E-state index contributed by atoms with van der Waals surface area (Å²) in [6.07, 6.45) is 1.64. The highest BCUT2D eigenvalue weighted by Crippen LogP contribution is 2.21. The molecule has 66 valence electrons. The first-order valence-corrected chi connectivity index (χ1v) is 4.01. The zero-order valence-corrected chi connectivity index (χ0v) is 7.62. The summed E-state index contributed by atoms with van der Waals surface area (Å²) in [5, 5.41) is 0.900. The number of pyridine rings is 1. The molecule has 2 aromatic rings. The van der Waals surface area contributed by atoms with Crippen molar-refractivity contribution in [2.75, 3.05) is 7.11 Å². The van der Waals surface area contributed by atoms with Gasteiger partial charge in [-0.3, -0.25) is 0 Å². The standard InChI is InChI=1S/C8H6ClN3O/c1-13-7-5-3-2-4-10-6(5)11-8(9)12-7/h2-4H,1H3. The van der Waals surface area contributed by atoms with Crippen LogP contribution in [-0.2, 0) is 0 Å². The van der Waals surface area contributed by atoms with E-state index in [1.165, 1.54) is 7.11 Å². The molecule has 4 nitrogen and oxygen atoms in total. The van der Waals surface area contributed by atoms with Gasteiger partial charge in [0.15, 0.2) is 5.65 Å². The van der Waals surface area contributed by atoms with Crippen molar-refractivity contribution in [3.05, 3.63) is 23.6 Å². The van der Waals surface area contributed by atoms with Crippen molar-refractivity contribution in [3.63, 3.8) is 0 Å². The smallest absolute Gasteiger partial charge is 0.227 e. The average Bonchev–Trinajstić information content (AvgIpc) is 2.16. The summed E-state index contributed by atoms with van der Waals surface area (Å²) < 4.78 is 5.03. The van der Waals surface area contributed by atoms with E-state index in [9.17, 15) is 0 Å². The van der Waals surface area contributed by atoms with Crippen LogP contribution >= 0.6 is 11.6 Å². The molecule has 0 bridgehead atoms. The van der Waals surface area contributed by atoms with Crippen LogP contribution in [0.15, 0.2) is 18.3 Å². The summed E-state index contributed by atoms with van der Waals surface area (Å²) in [4.78, 5) is 11.9. The van der Waals surface area contributed by atoms with E-state index in [2.05, 4.69) is 15.0 Å². The van der Waals surface area contributed by atoms with Gasteiger partial charge < -0.3 is 4.74 Å². The van der Waals surface area contributed by atoms with Gasteiger partial charge in [0.25, 0.3) is 0 Å². The zero-order valence-electron chi connectivity index (χ0n) is 6.86. The van der Waals surface area contributed by atoms with Crippen LogP contribution in [0.3, 0.4) is 0 Å². The molecule has 13 heavy (non-hydrogen) atoms. The fraction of sp³-hybridized carbons (Fsp3) is 0.125. The second kappa shape index (κ2) is 3.14. The van der Waals surface area contributed by atoms with E-state index < -0.39 is 0 Å². The van der Waals surface area contributed by atoms with Crippen LogP contribution in [0.4, 0.5) is 0 Å². The van der Waals surface area contributed by atoms with Gasteiger partial charge in [-0.15, -0.1) is 0 Å². The fourth-order valence-electron chi connectivity index (χ4n) is 1.07. The molecule has 0 aliphatic heterocycles. The molecule has 0 aliphatic carbocycles. The molecule has 5 heteroatoms. The first-order valence-electron chi connectivity index (χ1n) is 3.63. The number of halogens is 1. The lowest BCUT2D eigenvalue weighted by Crippen LogP contribution is -1.93. The van der Waals surface area contributed by atoms with Crippen molar-refractivity contribution >= 4 is 22.6 Å². The van der Waals surface area contributed by atoms with Gasteiger partial charge in [0, 0.05) is 6.20 Å². The maximum atomic E-state index is 5.66. The largest absolute Gasteiger partial charge is 0.480 e. The van der Waals surface area contributed by atoms with E-state index in [1.54, 1.807) is 12.3 Å². The minimum atomic E-state index is 0.142. The molecule has 0 radical (unpaired) electrons. The summed E-state index contributed by atoms with van der Waals surface area (Å²) in [7, 11) is 1.53. The van der Waals surface area contributed by atoms with Crippen molar-refractivity contribution in [2.45, 2.75) is 0 Å². The predicted octanol–water partition coefficient (Wildman–Crippen LogP) is 1.69. The van der Waals surface area contributed by atoms with Crippen LogP contribution < -0.4 is 4.74 Å². The first-order chi connectivity index (χ1) is 6.31. The lowest BCUT2D eigenvalue weighted by Gasteiger charge is -2.02. The number of aromatic nitrogens is 3. The van der Waals surface area contributed by atoms with Crippen molar-refractivity contribution in [2.24, 2.45) is 0 Å². The van der Waals surface area contributed by atoms with E-state index >= 15 is 0 Å². The molecule has 0 aliphatic rings. The molecular weight excluding hydrogens is 190 g/mol. The van der Waals surface area contributed by atoms with E-state index in [-0.39, 0.29) is 5.28 Å². The molecule has 2 aromatic heterocycles. The third kappa shape index (κ3) is 1.40. The summed E-state index contributed by atoms with van der Waals surface area (Å²) >= 11 is 5.66. The molecule has 0 amide bonds. The van der Waals surface area contributed by atoms with Gasteiger partial charge in [0.05, 0.1) is 12.5 Å². The van der Waals surface area contributed by atoms with Gasteiger partial charge >= 0.3 is 0 Å². The molecule has 0 fully saturated rings. The molecule has 0 spiro atoms.